The number of nitrogens with two attached hydrogens (primary N) is 1. The van der Waals surface area contributed by atoms with Gasteiger partial charge in [0.05, 0.1) is 12.2 Å². The lowest BCUT2D eigenvalue weighted by molar-refractivity contribution is 0.121. The molecule has 0 atom stereocenters. The molecule has 0 amide bonds. The summed E-state index contributed by atoms with van der Waals surface area (Å²) in [7, 11) is -3.27. The van der Waals surface area contributed by atoms with Gasteiger partial charge in [0.1, 0.15) is 19.3 Å². The molecule has 0 aliphatic rings. The van der Waals surface area contributed by atoms with Crippen molar-refractivity contribution in [2.24, 2.45) is 0 Å². The highest BCUT2D eigenvalue weighted by Crippen LogP contribution is 2.52. The van der Waals surface area contributed by atoms with Crippen LogP contribution in [0.5, 0.6) is 0 Å². The quantitative estimate of drug-likeness (QED) is 0.530. The van der Waals surface area contributed by atoms with Crippen molar-refractivity contribution in [3.05, 3.63) is 24.5 Å². The smallest absolute Gasteiger partial charge is 0.354 e. The van der Waals surface area contributed by atoms with Crippen LogP contribution in [-0.2, 0) is 13.6 Å². The van der Waals surface area contributed by atoms with Gasteiger partial charge in [-0.1, -0.05) is 6.08 Å². The van der Waals surface area contributed by atoms with Gasteiger partial charge in [-0.25, -0.2) is 15.0 Å². The minimum atomic E-state index is -3.27. The number of nitrogens with zero attached hydrogens (tertiary/aromatic N) is 4. The van der Waals surface area contributed by atoms with Crippen LogP contribution in [0.4, 0.5) is 5.82 Å². The molecular formula is C15H24N5O4P. The van der Waals surface area contributed by atoms with E-state index in [1.165, 1.54) is 23.2 Å². The van der Waals surface area contributed by atoms with E-state index in [1.54, 1.807) is 6.08 Å². The largest absolute Gasteiger partial charge is 0.410 e. The van der Waals surface area contributed by atoms with E-state index in [0.29, 0.717) is 30.0 Å². The van der Waals surface area contributed by atoms with E-state index in [9.17, 15) is 4.57 Å². The number of anilines is 1. The molecule has 2 rings (SSSR count). The van der Waals surface area contributed by atoms with Crippen LogP contribution < -0.4 is 10.6 Å². The molecule has 0 spiro atoms. The lowest BCUT2D eigenvalue weighted by atomic mass is 10.5. The highest BCUT2D eigenvalue weighted by molar-refractivity contribution is 7.57. The Balaban J connectivity index is 1.93. The molecule has 0 radical (unpaired) electrons. The first kappa shape index (κ1) is 19.4. The van der Waals surface area contributed by atoms with Crippen LogP contribution in [0.25, 0.3) is 11.2 Å². The predicted molar refractivity (Wildman–Crippen MR) is 95.0 cm³/mol. The monoisotopic (exact) mass is 369 g/mol. The fraction of sp³-hybridized carbons (Fsp3) is 0.533. The van der Waals surface area contributed by atoms with Crippen LogP contribution in [0.1, 0.15) is 34.1 Å². The Labute approximate surface area is 146 Å². The molecular weight excluding hydrogens is 345 g/mol. The van der Waals surface area contributed by atoms with E-state index in [2.05, 4.69) is 15.0 Å². The molecule has 0 fully saturated rings. The molecule has 2 aromatic rings. The molecule has 2 aromatic heterocycles. The van der Waals surface area contributed by atoms with Crippen LogP contribution >= 0.6 is 7.60 Å². The molecule has 2 heterocycles. The van der Waals surface area contributed by atoms with Gasteiger partial charge in [0, 0.05) is 12.2 Å². The van der Waals surface area contributed by atoms with E-state index in [1.807, 2.05) is 27.7 Å². The lowest BCUT2D eigenvalue weighted by Crippen LogP contribution is -2.12. The van der Waals surface area contributed by atoms with E-state index >= 15 is 0 Å². The number of imidazole rings is 1. The maximum Gasteiger partial charge on any atom is 0.354 e. The van der Waals surface area contributed by atoms with Gasteiger partial charge in [0.25, 0.3) is 0 Å². The summed E-state index contributed by atoms with van der Waals surface area (Å²) in [4.78, 5) is 17.6. The summed E-state index contributed by atoms with van der Waals surface area (Å²) in [5, 5.41) is 0. The fourth-order valence-corrected chi connectivity index (χ4v) is 3.81. The van der Waals surface area contributed by atoms with Gasteiger partial charge in [-0.3, -0.25) is 4.57 Å². The summed E-state index contributed by atoms with van der Waals surface area (Å²) < 4.78 is 24.9. The number of nitrogen functional groups attached to an aromatic ring is 1. The second-order valence-electron chi connectivity index (χ2n) is 5.86. The highest BCUT2D eigenvalue weighted by atomic mass is 31.2. The van der Waals surface area contributed by atoms with E-state index in [0.717, 1.165) is 0 Å². The average Bonchev–Trinajstić information content (AvgIpc) is 2.90. The number of aromatic nitrogens is 4. The van der Waals surface area contributed by atoms with E-state index in [4.69, 9.17) is 19.6 Å². The van der Waals surface area contributed by atoms with Crippen molar-refractivity contribution in [1.29, 1.82) is 0 Å². The SMILES string of the molecule is CC(C)OP(=O)(C=CCCOn1cnc2c(N)ncnc21)OC(C)C. The summed E-state index contributed by atoms with van der Waals surface area (Å²) in [6, 6.07) is 0. The summed E-state index contributed by atoms with van der Waals surface area (Å²) in [5.74, 6) is 1.77. The summed E-state index contributed by atoms with van der Waals surface area (Å²) in [6.07, 6.45) is 4.65. The van der Waals surface area contributed by atoms with Gasteiger partial charge in [-0.15, -0.1) is 0 Å². The van der Waals surface area contributed by atoms with Gasteiger partial charge in [-0.2, -0.15) is 4.73 Å². The molecule has 138 valence electrons. The zero-order valence-corrected chi connectivity index (χ0v) is 15.7. The summed E-state index contributed by atoms with van der Waals surface area (Å²) in [6.45, 7) is 7.57. The standard InChI is InChI=1S/C15H24N5O4P/c1-11(2)23-25(21,24-12(3)4)8-6-5-7-22-20-10-19-13-14(16)17-9-18-15(13)20/h6,8-12H,5,7H2,1-4H3,(H2,16,17,18). The van der Waals surface area contributed by atoms with Crippen molar-refractivity contribution >= 4 is 24.6 Å². The second-order valence-corrected chi connectivity index (χ2v) is 7.66. The Bertz CT molecular complexity index is 760. The first-order valence-electron chi connectivity index (χ1n) is 8.02. The number of hydrogen-bond donors (Lipinski definition) is 1. The maximum atomic E-state index is 12.6. The van der Waals surface area contributed by atoms with Crippen molar-refractivity contribution in [3.8, 4) is 0 Å². The molecule has 0 aliphatic carbocycles. The van der Waals surface area contributed by atoms with Crippen molar-refractivity contribution in [2.75, 3.05) is 12.3 Å². The number of hydrogen-bond acceptors (Lipinski definition) is 8. The van der Waals surface area contributed by atoms with Crippen LogP contribution in [0.2, 0.25) is 0 Å². The van der Waals surface area contributed by atoms with Gasteiger partial charge in [-0.05, 0) is 27.7 Å². The van der Waals surface area contributed by atoms with Crippen molar-refractivity contribution in [2.45, 2.75) is 46.3 Å². The molecule has 0 unspecified atom stereocenters. The molecule has 0 aliphatic heterocycles. The van der Waals surface area contributed by atoms with Crippen LogP contribution in [-0.4, -0.2) is 38.5 Å². The zero-order valence-electron chi connectivity index (χ0n) is 14.8. The lowest BCUT2D eigenvalue weighted by Gasteiger charge is -2.19. The average molecular weight is 369 g/mol. The van der Waals surface area contributed by atoms with Crippen molar-refractivity contribution < 1.29 is 18.5 Å². The molecule has 0 saturated carbocycles. The van der Waals surface area contributed by atoms with Crippen molar-refractivity contribution in [3.63, 3.8) is 0 Å². The van der Waals surface area contributed by atoms with E-state index in [-0.39, 0.29) is 12.2 Å². The van der Waals surface area contributed by atoms with Crippen molar-refractivity contribution in [1.82, 2.24) is 19.7 Å². The molecule has 25 heavy (non-hydrogen) atoms. The van der Waals surface area contributed by atoms with Gasteiger partial charge >= 0.3 is 7.60 Å². The molecule has 0 aromatic carbocycles. The number of rotatable bonds is 9. The molecule has 2 N–H and O–H groups in total. The molecule has 0 bridgehead atoms. The molecule has 10 heteroatoms. The Morgan fingerprint density at radius 2 is 1.88 bits per heavy atom. The Kier molecular flexibility index (Phi) is 6.52. The first-order valence-corrected chi connectivity index (χ1v) is 9.63. The van der Waals surface area contributed by atoms with Gasteiger partial charge < -0.3 is 19.6 Å². The predicted octanol–water partition coefficient (Wildman–Crippen LogP) is 2.78. The van der Waals surface area contributed by atoms with Gasteiger partial charge in [0.2, 0.25) is 5.65 Å². The zero-order chi connectivity index (χ0) is 18.4. The topological polar surface area (TPSA) is 114 Å². The maximum absolute atomic E-state index is 12.6. The summed E-state index contributed by atoms with van der Waals surface area (Å²) >= 11 is 0. The Morgan fingerprint density at radius 3 is 2.52 bits per heavy atom. The normalized spacial score (nSPS) is 12.7. The van der Waals surface area contributed by atoms with E-state index < -0.39 is 7.60 Å². The fourth-order valence-electron chi connectivity index (χ4n) is 2.03. The Morgan fingerprint density at radius 1 is 1.20 bits per heavy atom. The van der Waals surface area contributed by atoms with Crippen LogP contribution in [0, 0.1) is 0 Å². The third-order valence-corrected chi connectivity index (χ3v) is 4.86. The third-order valence-electron chi connectivity index (χ3n) is 2.85. The summed E-state index contributed by atoms with van der Waals surface area (Å²) in [5.41, 5.74) is 6.70. The highest BCUT2D eigenvalue weighted by Gasteiger charge is 2.23. The minimum Gasteiger partial charge on any atom is -0.410 e. The van der Waals surface area contributed by atoms with Crippen LogP contribution in [0.15, 0.2) is 24.5 Å². The van der Waals surface area contributed by atoms with Gasteiger partial charge in [0.15, 0.2) is 11.3 Å². The molecule has 9 nitrogen and oxygen atoms in total. The Hall–Kier alpha value is -1.96. The third kappa shape index (κ3) is 5.52. The second kappa shape index (κ2) is 8.42. The minimum absolute atomic E-state index is 0.201. The first-order chi connectivity index (χ1) is 11.8. The number of fused-ring (bicyclic) bond motifs is 1. The van der Waals surface area contributed by atoms with Crippen LogP contribution in [0.3, 0.4) is 0 Å². The molecule has 0 saturated heterocycles.